The van der Waals surface area contributed by atoms with Gasteiger partial charge in [0.15, 0.2) is 5.82 Å². The molecule has 2 N–H and O–H groups in total. The standard InChI is InChI=1S/C20H26N4O4S/c1-12-6-7-13(2)16(8-12)21-18(25)10-24(5)19(26)11-29-15(4)20(27)22-17-9-14(3)28-23-17/h6-9,15H,10-11H2,1-5H3,(H,21,25)(H,22,23,27)/t15-/m1/s1. The largest absolute Gasteiger partial charge is 0.360 e. The van der Waals surface area contributed by atoms with Gasteiger partial charge in [0.1, 0.15) is 5.76 Å². The van der Waals surface area contributed by atoms with Crippen LogP contribution >= 0.6 is 11.8 Å². The van der Waals surface area contributed by atoms with Crippen molar-refractivity contribution in [1.29, 1.82) is 0 Å². The number of rotatable bonds is 8. The van der Waals surface area contributed by atoms with Gasteiger partial charge in [0.25, 0.3) is 0 Å². The molecule has 0 saturated carbocycles. The minimum Gasteiger partial charge on any atom is -0.360 e. The SMILES string of the molecule is Cc1ccc(C)c(NC(=O)CN(C)C(=O)CS[C@H](C)C(=O)Nc2cc(C)on2)c1. The van der Waals surface area contributed by atoms with Gasteiger partial charge in [-0.2, -0.15) is 0 Å². The average molecular weight is 419 g/mol. The molecule has 9 heteroatoms. The summed E-state index contributed by atoms with van der Waals surface area (Å²) in [5, 5.41) is 8.70. The van der Waals surface area contributed by atoms with Gasteiger partial charge in [-0.25, -0.2) is 0 Å². The predicted molar refractivity (Wildman–Crippen MR) is 114 cm³/mol. The van der Waals surface area contributed by atoms with E-state index in [1.54, 1.807) is 27.0 Å². The van der Waals surface area contributed by atoms with Gasteiger partial charge < -0.3 is 20.1 Å². The zero-order valence-electron chi connectivity index (χ0n) is 17.2. The highest BCUT2D eigenvalue weighted by atomic mass is 32.2. The number of thioether (sulfide) groups is 1. The van der Waals surface area contributed by atoms with Gasteiger partial charge in [-0.15, -0.1) is 11.8 Å². The van der Waals surface area contributed by atoms with Crippen LogP contribution in [0.3, 0.4) is 0 Å². The summed E-state index contributed by atoms with van der Waals surface area (Å²) < 4.78 is 4.90. The van der Waals surface area contributed by atoms with Gasteiger partial charge in [0.05, 0.1) is 17.5 Å². The molecule has 0 saturated heterocycles. The van der Waals surface area contributed by atoms with Crippen LogP contribution in [0.2, 0.25) is 0 Å². The van der Waals surface area contributed by atoms with Crippen molar-refractivity contribution in [1.82, 2.24) is 10.1 Å². The number of aromatic nitrogens is 1. The molecule has 0 aliphatic heterocycles. The summed E-state index contributed by atoms with van der Waals surface area (Å²) in [5.41, 5.74) is 2.73. The molecule has 1 heterocycles. The Morgan fingerprint density at radius 1 is 1.17 bits per heavy atom. The first-order chi connectivity index (χ1) is 13.7. The second-order valence-corrected chi connectivity index (χ2v) is 8.21. The molecule has 8 nitrogen and oxygen atoms in total. The lowest BCUT2D eigenvalue weighted by Gasteiger charge is -2.18. The first-order valence-corrected chi connectivity index (χ1v) is 10.2. The number of benzene rings is 1. The Balaban J connectivity index is 1.78. The summed E-state index contributed by atoms with van der Waals surface area (Å²) in [6.45, 7) is 7.22. The molecule has 0 aliphatic rings. The van der Waals surface area contributed by atoms with Crippen LogP contribution in [0.5, 0.6) is 0 Å². The molecule has 0 aliphatic carbocycles. The Labute approximate surface area is 174 Å². The van der Waals surface area contributed by atoms with Gasteiger partial charge in [-0.1, -0.05) is 17.3 Å². The number of likely N-dealkylation sites (N-methyl/N-ethyl adjacent to an activating group) is 1. The first-order valence-electron chi connectivity index (χ1n) is 9.12. The number of aryl methyl sites for hydroxylation is 3. The lowest BCUT2D eigenvalue weighted by molar-refractivity contribution is -0.131. The summed E-state index contributed by atoms with van der Waals surface area (Å²) in [6, 6.07) is 7.41. The first kappa shape index (κ1) is 22.5. The van der Waals surface area contributed by atoms with Crippen LogP contribution in [0.1, 0.15) is 23.8 Å². The van der Waals surface area contributed by atoms with E-state index in [1.807, 2.05) is 32.0 Å². The fraction of sp³-hybridized carbons (Fsp3) is 0.400. The van der Waals surface area contributed by atoms with Crippen molar-refractivity contribution in [2.24, 2.45) is 0 Å². The van der Waals surface area contributed by atoms with E-state index in [2.05, 4.69) is 15.8 Å². The molecule has 29 heavy (non-hydrogen) atoms. The van der Waals surface area contributed by atoms with Gasteiger partial charge >= 0.3 is 0 Å². The Kier molecular flexibility index (Phi) is 7.83. The molecule has 0 unspecified atom stereocenters. The monoisotopic (exact) mass is 418 g/mol. The lowest BCUT2D eigenvalue weighted by Crippen LogP contribution is -2.36. The third-order valence-corrected chi connectivity index (χ3v) is 5.31. The molecule has 2 aromatic rings. The van der Waals surface area contributed by atoms with Crippen LogP contribution in [0.4, 0.5) is 11.5 Å². The van der Waals surface area contributed by atoms with E-state index in [0.29, 0.717) is 11.6 Å². The maximum atomic E-state index is 12.3. The number of carbonyl (C=O) groups is 3. The van der Waals surface area contributed by atoms with Crippen LogP contribution < -0.4 is 10.6 Å². The van der Waals surface area contributed by atoms with E-state index in [4.69, 9.17) is 4.52 Å². The van der Waals surface area contributed by atoms with Crippen LogP contribution in [-0.4, -0.2) is 52.4 Å². The summed E-state index contributed by atoms with van der Waals surface area (Å²) in [6.07, 6.45) is 0. The molecule has 3 amide bonds. The Morgan fingerprint density at radius 3 is 2.55 bits per heavy atom. The van der Waals surface area contributed by atoms with E-state index >= 15 is 0 Å². The number of hydrogen-bond donors (Lipinski definition) is 2. The van der Waals surface area contributed by atoms with Crippen LogP contribution in [0.15, 0.2) is 28.8 Å². The van der Waals surface area contributed by atoms with Crippen LogP contribution in [-0.2, 0) is 14.4 Å². The highest BCUT2D eigenvalue weighted by molar-refractivity contribution is 8.01. The van der Waals surface area contributed by atoms with E-state index < -0.39 is 5.25 Å². The van der Waals surface area contributed by atoms with Crippen molar-refractivity contribution in [2.75, 3.05) is 30.0 Å². The van der Waals surface area contributed by atoms with Crippen molar-refractivity contribution < 1.29 is 18.9 Å². The van der Waals surface area contributed by atoms with Gasteiger partial charge in [-0.3, -0.25) is 14.4 Å². The molecule has 0 bridgehead atoms. The summed E-state index contributed by atoms with van der Waals surface area (Å²) in [7, 11) is 1.56. The van der Waals surface area contributed by atoms with Crippen LogP contribution in [0, 0.1) is 20.8 Å². The molecule has 0 fully saturated rings. The van der Waals surface area contributed by atoms with Crippen molar-refractivity contribution in [2.45, 2.75) is 32.9 Å². The number of nitrogens with zero attached hydrogens (tertiary/aromatic N) is 2. The zero-order chi connectivity index (χ0) is 21.6. The minimum atomic E-state index is -0.465. The highest BCUT2D eigenvalue weighted by Crippen LogP contribution is 2.17. The highest BCUT2D eigenvalue weighted by Gasteiger charge is 2.19. The summed E-state index contributed by atoms with van der Waals surface area (Å²) >= 11 is 1.19. The molecule has 0 spiro atoms. The number of carbonyl (C=O) groups excluding carboxylic acids is 3. The molecular weight excluding hydrogens is 392 g/mol. The Bertz CT molecular complexity index is 896. The fourth-order valence-electron chi connectivity index (χ4n) is 2.40. The predicted octanol–water partition coefficient (Wildman–Crippen LogP) is 2.76. The average Bonchev–Trinajstić information content (AvgIpc) is 3.06. The number of nitrogens with one attached hydrogen (secondary N) is 2. The molecule has 2 rings (SSSR count). The molecule has 1 aromatic carbocycles. The molecular formula is C20H26N4O4S. The number of amides is 3. The summed E-state index contributed by atoms with van der Waals surface area (Å²) in [5.74, 6) is 0.240. The van der Waals surface area contributed by atoms with Gasteiger partial charge in [-0.05, 0) is 44.9 Å². The van der Waals surface area contributed by atoms with E-state index in [-0.39, 0.29) is 30.0 Å². The van der Waals surface area contributed by atoms with Crippen molar-refractivity contribution in [3.8, 4) is 0 Å². The molecule has 156 valence electrons. The Hall–Kier alpha value is -2.81. The Morgan fingerprint density at radius 2 is 1.90 bits per heavy atom. The topological polar surface area (TPSA) is 105 Å². The number of hydrogen-bond acceptors (Lipinski definition) is 6. The third kappa shape index (κ3) is 6.94. The fourth-order valence-corrected chi connectivity index (χ4v) is 3.22. The normalized spacial score (nSPS) is 11.6. The maximum absolute atomic E-state index is 12.3. The van der Waals surface area contributed by atoms with Crippen LogP contribution in [0.25, 0.3) is 0 Å². The maximum Gasteiger partial charge on any atom is 0.243 e. The summed E-state index contributed by atoms with van der Waals surface area (Å²) in [4.78, 5) is 38.0. The second kappa shape index (κ2) is 10.1. The van der Waals surface area contributed by atoms with Gasteiger partial charge in [0.2, 0.25) is 17.7 Å². The number of anilines is 2. The molecule has 1 aromatic heterocycles. The third-order valence-electron chi connectivity index (χ3n) is 4.18. The molecule has 1 atom stereocenters. The van der Waals surface area contributed by atoms with E-state index in [1.165, 1.54) is 16.7 Å². The molecule has 0 radical (unpaired) electrons. The van der Waals surface area contributed by atoms with E-state index in [0.717, 1.165) is 16.8 Å². The van der Waals surface area contributed by atoms with Crippen molar-refractivity contribution in [3.63, 3.8) is 0 Å². The van der Waals surface area contributed by atoms with E-state index in [9.17, 15) is 14.4 Å². The van der Waals surface area contributed by atoms with Crippen molar-refractivity contribution in [3.05, 3.63) is 41.2 Å². The van der Waals surface area contributed by atoms with Gasteiger partial charge in [0, 0.05) is 18.8 Å². The minimum absolute atomic E-state index is 0.0639. The smallest absolute Gasteiger partial charge is 0.243 e. The second-order valence-electron chi connectivity index (χ2n) is 6.88. The van der Waals surface area contributed by atoms with Crippen molar-refractivity contribution >= 4 is 41.0 Å². The lowest BCUT2D eigenvalue weighted by atomic mass is 10.1. The quantitative estimate of drug-likeness (QED) is 0.683. The zero-order valence-corrected chi connectivity index (χ0v) is 18.1.